The second kappa shape index (κ2) is 11.5. The lowest BCUT2D eigenvalue weighted by atomic mass is 10.0. The fourth-order valence-corrected chi connectivity index (χ4v) is 4.90. The number of rotatable bonds is 8. The Morgan fingerprint density at radius 1 is 1.11 bits per heavy atom. The van der Waals surface area contributed by atoms with Crippen LogP contribution in [0, 0.1) is 0 Å². The zero-order chi connectivity index (χ0) is 24.8. The zero-order valence-corrected chi connectivity index (χ0v) is 21.1. The maximum Gasteiger partial charge on any atom is 0.248 e. The Morgan fingerprint density at radius 3 is 2.51 bits per heavy atom. The Bertz CT molecular complexity index is 1190. The lowest BCUT2D eigenvalue weighted by Gasteiger charge is -2.40. The van der Waals surface area contributed by atoms with Crippen LogP contribution < -0.4 is 4.74 Å². The van der Waals surface area contributed by atoms with Crippen molar-refractivity contribution in [2.24, 2.45) is 0 Å². The smallest absolute Gasteiger partial charge is 0.248 e. The van der Waals surface area contributed by atoms with Crippen LogP contribution in [0.15, 0.2) is 60.8 Å². The number of aromatic nitrogens is 1. The van der Waals surface area contributed by atoms with Gasteiger partial charge >= 0.3 is 0 Å². The Labute approximate surface area is 213 Å². The largest absolute Gasteiger partial charge is 0.481 e. The molecule has 4 rings (SSSR count). The Balaban J connectivity index is 1.41. The Kier molecular flexibility index (Phi) is 8.17. The van der Waals surface area contributed by atoms with Crippen molar-refractivity contribution < 1.29 is 19.1 Å². The summed E-state index contributed by atoms with van der Waals surface area (Å²) in [6.45, 7) is 1.49. The Morgan fingerprint density at radius 2 is 1.89 bits per heavy atom. The summed E-state index contributed by atoms with van der Waals surface area (Å²) in [4.78, 5) is 34.6. The first kappa shape index (κ1) is 24.9. The quantitative estimate of drug-likeness (QED) is 0.420. The van der Waals surface area contributed by atoms with E-state index in [-0.39, 0.29) is 18.4 Å². The molecule has 0 saturated carbocycles. The third kappa shape index (κ3) is 6.08. The second-order valence-corrected chi connectivity index (χ2v) is 9.77. The number of methoxy groups -OCH3 is 2. The van der Waals surface area contributed by atoms with E-state index in [4.69, 9.17) is 21.1 Å². The number of pyridine rings is 1. The zero-order valence-electron chi connectivity index (χ0n) is 19.5. The van der Waals surface area contributed by atoms with Crippen LogP contribution in [0.25, 0.3) is 17.2 Å². The van der Waals surface area contributed by atoms with Gasteiger partial charge in [-0.25, -0.2) is 4.98 Å². The van der Waals surface area contributed by atoms with Gasteiger partial charge in [0.05, 0.1) is 18.1 Å². The molecular formula is C26H26ClN3O4S. The molecule has 2 amide bonds. The van der Waals surface area contributed by atoms with Gasteiger partial charge in [-0.1, -0.05) is 35.9 Å². The molecule has 1 aliphatic rings. The minimum Gasteiger partial charge on any atom is -0.481 e. The number of piperazine rings is 1. The van der Waals surface area contributed by atoms with E-state index < -0.39 is 6.04 Å². The first-order chi connectivity index (χ1) is 17.0. The number of halogens is 1. The molecule has 1 atom stereocenters. The summed E-state index contributed by atoms with van der Waals surface area (Å²) in [6.07, 6.45) is 4.98. The normalized spacial score (nSPS) is 16.2. The molecule has 2 aromatic heterocycles. The summed E-state index contributed by atoms with van der Waals surface area (Å²) in [5.74, 6) is 0.225. The van der Waals surface area contributed by atoms with Gasteiger partial charge in [-0.2, -0.15) is 0 Å². The van der Waals surface area contributed by atoms with Gasteiger partial charge in [-0.05, 0) is 35.4 Å². The number of ether oxygens (including phenoxy) is 2. The molecule has 1 aromatic carbocycles. The molecule has 1 saturated heterocycles. The maximum atomic E-state index is 13.3. The van der Waals surface area contributed by atoms with Crippen molar-refractivity contribution in [2.75, 3.05) is 33.9 Å². The van der Waals surface area contributed by atoms with Gasteiger partial charge in [0.2, 0.25) is 17.7 Å². The van der Waals surface area contributed by atoms with E-state index in [0.717, 1.165) is 21.6 Å². The molecular weight excluding hydrogens is 486 g/mol. The summed E-state index contributed by atoms with van der Waals surface area (Å²) >= 11 is 7.35. The van der Waals surface area contributed by atoms with Crippen LogP contribution in [0.1, 0.15) is 10.4 Å². The molecule has 1 unspecified atom stereocenters. The molecule has 3 heterocycles. The topological polar surface area (TPSA) is 72.0 Å². The van der Waals surface area contributed by atoms with E-state index in [1.807, 2.05) is 42.5 Å². The van der Waals surface area contributed by atoms with Crippen molar-refractivity contribution in [1.29, 1.82) is 0 Å². The van der Waals surface area contributed by atoms with Crippen LogP contribution in [0.3, 0.4) is 0 Å². The lowest BCUT2D eigenvalue weighted by Crippen LogP contribution is -2.59. The van der Waals surface area contributed by atoms with Crippen molar-refractivity contribution in [3.05, 3.63) is 75.6 Å². The van der Waals surface area contributed by atoms with Gasteiger partial charge in [0, 0.05) is 55.5 Å². The summed E-state index contributed by atoms with van der Waals surface area (Å²) in [7, 11) is 3.12. The van der Waals surface area contributed by atoms with E-state index in [2.05, 4.69) is 4.98 Å². The number of carbonyl (C=O) groups excluding carboxylic acids is 2. The first-order valence-corrected chi connectivity index (χ1v) is 12.3. The van der Waals surface area contributed by atoms with Crippen molar-refractivity contribution in [3.63, 3.8) is 0 Å². The van der Waals surface area contributed by atoms with Crippen LogP contribution in [-0.2, 0) is 20.9 Å². The molecule has 1 aliphatic heterocycles. The van der Waals surface area contributed by atoms with Gasteiger partial charge in [0.15, 0.2) is 0 Å². The molecule has 182 valence electrons. The minimum absolute atomic E-state index is 0.123. The summed E-state index contributed by atoms with van der Waals surface area (Å²) < 4.78 is 11.1. The molecule has 1 fully saturated rings. The SMILES string of the molecule is COCC1C(=O)N(Cc2ccc(-c3ccc(OC)nc3)cc2)CCN1C(=O)/C=C/c1ccc(Cl)s1. The number of carbonyl (C=O) groups is 2. The third-order valence-corrected chi connectivity index (χ3v) is 6.98. The molecule has 0 N–H and O–H groups in total. The highest BCUT2D eigenvalue weighted by Crippen LogP contribution is 2.24. The number of nitrogens with zero attached hydrogens (tertiary/aromatic N) is 3. The van der Waals surface area contributed by atoms with Crippen molar-refractivity contribution in [3.8, 4) is 17.0 Å². The summed E-state index contributed by atoms with van der Waals surface area (Å²) in [6, 6.07) is 14.8. The van der Waals surface area contributed by atoms with Gasteiger partial charge in [0.25, 0.3) is 0 Å². The average Bonchev–Trinajstić information content (AvgIpc) is 3.30. The minimum atomic E-state index is -0.664. The molecule has 7 nitrogen and oxygen atoms in total. The summed E-state index contributed by atoms with van der Waals surface area (Å²) in [5, 5.41) is 0. The number of benzene rings is 1. The molecule has 0 aliphatic carbocycles. The first-order valence-electron chi connectivity index (χ1n) is 11.1. The highest BCUT2D eigenvalue weighted by molar-refractivity contribution is 7.17. The van der Waals surface area contributed by atoms with Crippen molar-refractivity contribution >= 4 is 40.8 Å². The monoisotopic (exact) mass is 511 g/mol. The van der Waals surface area contributed by atoms with Gasteiger partial charge in [0.1, 0.15) is 6.04 Å². The lowest BCUT2D eigenvalue weighted by molar-refractivity contribution is -0.152. The van der Waals surface area contributed by atoms with Crippen LogP contribution in [0.5, 0.6) is 5.88 Å². The fraction of sp³-hybridized carbons (Fsp3) is 0.269. The van der Waals surface area contributed by atoms with Crippen molar-refractivity contribution in [1.82, 2.24) is 14.8 Å². The predicted molar refractivity (Wildman–Crippen MR) is 137 cm³/mol. The number of hydrogen-bond acceptors (Lipinski definition) is 6. The van der Waals surface area contributed by atoms with E-state index in [1.54, 1.807) is 35.2 Å². The van der Waals surface area contributed by atoms with E-state index in [9.17, 15) is 9.59 Å². The number of hydrogen-bond donors (Lipinski definition) is 0. The van der Waals surface area contributed by atoms with Gasteiger partial charge < -0.3 is 19.3 Å². The molecule has 3 aromatic rings. The van der Waals surface area contributed by atoms with Crippen LogP contribution >= 0.6 is 22.9 Å². The van der Waals surface area contributed by atoms with Gasteiger partial charge in [-0.15, -0.1) is 11.3 Å². The fourth-order valence-electron chi connectivity index (χ4n) is 3.94. The molecule has 0 spiro atoms. The number of amides is 2. The molecule has 0 bridgehead atoms. The van der Waals surface area contributed by atoms with Gasteiger partial charge in [-0.3, -0.25) is 9.59 Å². The average molecular weight is 512 g/mol. The highest BCUT2D eigenvalue weighted by Gasteiger charge is 2.36. The maximum absolute atomic E-state index is 13.3. The second-order valence-electron chi connectivity index (χ2n) is 8.02. The Hall–Kier alpha value is -3.20. The molecule has 0 radical (unpaired) electrons. The standard InChI is InChI=1S/C26H26ClN3O4S/c1-33-17-22-26(32)29(13-14-30(22)25(31)12-9-21-8-10-23(27)35-21)16-18-3-5-19(6-4-18)20-7-11-24(34-2)28-15-20/h3-12,15,22H,13-14,16-17H2,1-2H3/b12-9+. The van der Waals surface area contributed by atoms with Crippen LogP contribution in [0.4, 0.5) is 0 Å². The summed E-state index contributed by atoms with van der Waals surface area (Å²) in [5.41, 5.74) is 3.02. The third-order valence-electron chi connectivity index (χ3n) is 5.78. The van der Waals surface area contributed by atoms with Crippen molar-refractivity contribution in [2.45, 2.75) is 12.6 Å². The molecule has 9 heteroatoms. The highest BCUT2D eigenvalue weighted by atomic mass is 35.5. The number of thiophene rings is 1. The van der Waals surface area contributed by atoms with E-state index in [1.165, 1.54) is 24.5 Å². The van der Waals surface area contributed by atoms with E-state index >= 15 is 0 Å². The van der Waals surface area contributed by atoms with Crippen LogP contribution in [0.2, 0.25) is 4.34 Å². The van der Waals surface area contributed by atoms with E-state index in [0.29, 0.717) is 29.9 Å². The van der Waals surface area contributed by atoms with Crippen LogP contribution in [-0.4, -0.2) is 66.6 Å². The molecule has 35 heavy (non-hydrogen) atoms. The predicted octanol–water partition coefficient (Wildman–Crippen LogP) is 4.37.